The highest BCUT2D eigenvalue weighted by Gasteiger charge is 2.07. The molecule has 0 fully saturated rings. The average molecular weight is 279 g/mol. The Morgan fingerprint density at radius 2 is 1.95 bits per heavy atom. The van der Waals surface area contributed by atoms with Crippen LogP contribution in [-0.2, 0) is 0 Å². The van der Waals surface area contributed by atoms with Crippen molar-refractivity contribution >= 4 is 11.6 Å². The summed E-state index contributed by atoms with van der Waals surface area (Å²) >= 11 is 0. The fourth-order valence-corrected chi connectivity index (χ4v) is 1.98. The second-order valence-corrected chi connectivity index (χ2v) is 4.64. The molecule has 5 nitrogen and oxygen atoms in total. The van der Waals surface area contributed by atoms with E-state index in [9.17, 15) is 4.79 Å². The van der Waals surface area contributed by atoms with Gasteiger partial charge in [0.05, 0.1) is 0 Å². The minimum atomic E-state index is -0.135. The number of nitrogens with zero attached hydrogens (tertiary/aromatic N) is 2. The van der Waals surface area contributed by atoms with Crippen molar-refractivity contribution in [2.75, 3.05) is 5.32 Å². The Labute approximate surface area is 121 Å². The van der Waals surface area contributed by atoms with Gasteiger partial charge in [0.2, 0.25) is 12.3 Å². The van der Waals surface area contributed by atoms with Gasteiger partial charge in [-0.2, -0.15) is 0 Å². The molecule has 0 bridgehead atoms. The first-order valence-electron chi connectivity index (χ1n) is 6.47. The predicted octanol–water partition coefficient (Wildman–Crippen LogP) is 3.30. The lowest BCUT2D eigenvalue weighted by molar-refractivity contribution is 0.102. The molecule has 0 radical (unpaired) electrons. The minimum absolute atomic E-state index is 0.135. The van der Waals surface area contributed by atoms with Gasteiger partial charge in [0.1, 0.15) is 0 Å². The van der Waals surface area contributed by atoms with Crippen molar-refractivity contribution in [1.29, 1.82) is 0 Å². The van der Waals surface area contributed by atoms with E-state index in [2.05, 4.69) is 15.5 Å². The SMILES string of the molecule is Cc1cccc(C(=O)Nc2ccc(-c3nnco3)cc2)c1. The Kier molecular flexibility index (Phi) is 3.47. The van der Waals surface area contributed by atoms with Gasteiger partial charge >= 0.3 is 0 Å². The molecule has 0 saturated carbocycles. The van der Waals surface area contributed by atoms with Gasteiger partial charge in [0, 0.05) is 16.8 Å². The molecule has 3 rings (SSSR count). The van der Waals surface area contributed by atoms with Crippen LogP contribution in [0.25, 0.3) is 11.5 Å². The molecule has 2 aromatic carbocycles. The predicted molar refractivity (Wildman–Crippen MR) is 78.9 cm³/mol. The van der Waals surface area contributed by atoms with Gasteiger partial charge in [0.25, 0.3) is 5.91 Å². The number of hydrogen-bond acceptors (Lipinski definition) is 4. The third-order valence-corrected chi connectivity index (χ3v) is 3.03. The molecule has 1 N–H and O–H groups in total. The molecule has 0 unspecified atom stereocenters. The summed E-state index contributed by atoms with van der Waals surface area (Å²) in [6.45, 7) is 1.95. The zero-order valence-corrected chi connectivity index (χ0v) is 11.4. The minimum Gasteiger partial charge on any atom is -0.423 e. The third-order valence-electron chi connectivity index (χ3n) is 3.03. The largest absolute Gasteiger partial charge is 0.423 e. The van der Waals surface area contributed by atoms with Gasteiger partial charge in [0.15, 0.2) is 0 Å². The number of benzene rings is 2. The molecule has 0 spiro atoms. The second kappa shape index (κ2) is 5.58. The van der Waals surface area contributed by atoms with Gasteiger partial charge in [-0.25, -0.2) is 0 Å². The van der Waals surface area contributed by atoms with Crippen LogP contribution >= 0.6 is 0 Å². The molecule has 3 aromatic rings. The fraction of sp³-hybridized carbons (Fsp3) is 0.0625. The average Bonchev–Trinajstić information content (AvgIpc) is 3.02. The maximum Gasteiger partial charge on any atom is 0.255 e. The van der Waals surface area contributed by atoms with Gasteiger partial charge in [-0.3, -0.25) is 4.79 Å². The van der Waals surface area contributed by atoms with Crippen LogP contribution in [0.1, 0.15) is 15.9 Å². The highest BCUT2D eigenvalue weighted by Crippen LogP contribution is 2.19. The lowest BCUT2D eigenvalue weighted by atomic mass is 10.1. The van der Waals surface area contributed by atoms with Crippen LogP contribution < -0.4 is 5.32 Å². The summed E-state index contributed by atoms with van der Waals surface area (Å²) in [6, 6.07) is 14.7. The summed E-state index contributed by atoms with van der Waals surface area (Å²) in [7, 11) is 0. The number of aromatic nitrogens is 2. The van der Waals surface area contributed by atoms with Crippen LogP contribution in [0.3, 0.4) is 0 Å². The number of hydrogen-bond donors (Lipinski definition) is 1. The van der Waals surface area contributed by atoms with E-state index in [1.54, 1.807) is 18.2 Å². The Morgan fingerprint density at radius 1 is 1.14 bits per heavy atom. The maximum absolute atomic E-state index is 12.1. The summed E-state index contributed by atoms with van der Waals surface area (Å²) in [6.07, 6.45) is 1.28. The normalized spacial score (nSPS) is 10.3. The van der Waals surface area contributed by atoms with E-state index in [1.165, 1.54) is 6.39 Å². The molecule has 1 heterocycles. The first kappa shape index (κ1) is 13.1. The number of rotatable bonds is 3. The monoisotopic (exact) mass is 279 g/mol. The smallest absolute Gasteiger partial charge is 0.255 e. The molecular weight excluding hydrogens is 266 g/mol. The number of aryl methyl sites for hydroxylation is 1. The fourth-order valence-electron chi connectivity index (χ4n) is 1.98. The lowest BCUT2D eigenvalue weighted by Gasteiger charge is -2.06. The Morgan fingerprint density at radius 3 is 2.62 bits per heavy atom. The maximum atomic E-state index is 12.1. The molecule has 0 aliphatic carbocycles. The topological polar surface area (TPSA) is 68.0 Å². The Hall–Kier alpha value is -2.95. The molecule has 0 saturated heterocycles. The highest BCUT2D eigenvalue weighted by molar-refractivity contribution is 6.04. The van der Waals surface area contributed by atoms with E-state index in [0.717, 1.165) is 11.1 Å². The first-order valence-corrected chi connectivity index (χ1v) is 6.47. The van der Waals surface area contributed by atoms with Crippen LogP contribution in [0.5, 0.6) is 0 Å². The molecule has 104 valence electrons. The third kappa shape index (κ3) is 2.97. The van der Waals surface area contributed by atoms with Crippen LogP contribution in [0.2, 0.25) is 0 Å². The van der Waals surface area contributed by atoms with Crippen LogP contribution in [0, 0.1) is 6.92 Å². The summed E-state index contributed by atoms with van der Waals surface area (Å²) < 4.78 is 5.11. The standard InChI is InChI=1S/C16H13N3O2/c1-11-3-2-4-13(9-11)15(20)18-14-7-5-12(6-8-14)16-19-17-10-21-16/h2-10H,1H3,(H,18,20). The van der Waals surface area contributed by atoms with Crippen LogP contribution in [-0.4, -0.2) is 16.1 Å². The summed E-state index contributed by atoms with van der Waals surface area (Å²) in [5, 5.41) is 10.3. The van der Waals surface area contributed by atoms with E-state index in [0.29, 0.717) is 17.1 Å². The van der Waals surface area contributed by atoms with E-state index in [-0.39, 0.29) is 5.91 Å². The Balaban J connectivity index is 1.75. The molecular formula is C16H13N3O2. The zero-order chi connectivity index (χ0) is 14.7. The number of nitrogens with one attached hydrogen (secondary N) is 1. The van der Waals surface area contributed by atoms with Crippen molar-refractivity contribution in [1.82, 2.24) is 10.2 Å². The molecule has 0 aliphatic rings. The molecule has 21 heavy (non-hydrogen) atoms. The first-order chi connectivity index (χ1) is 10.2. The molecule has 5 heteroatoms. The quantitative estimate of drug-likeness (QED) is 0.798. The van der Waals surface area contributed by atoms with Gasteiger partial charge in [-0.05, 0) is 43.3 Å². The molecule has 0 atom stereocenters. The van der Waals surface area contributed by atoms with Crippen molar-refractivity contribution < 1.29 is 9.21 Å². The van der Waals surface area contributed by atoms with E-state index in [4.69, 9.17) is 4.42 Å². The number of carbonyl (C=O) groups is 1. The number of amides is 1. The van der Waals surface area contributed by atoms with Crippen molar-refractivity contribution in [3.8, 4) is 11.5 Å². The summed E-state index contributed by atoms with van der Waals surface area (Å²) in [4.78, 5) is 12.1. The lowest BCUT2D eigenvalue weighted by Crippen LogP contribution is -2.11. The van der Waals surface area contributed by atoms with E-state index < -0.39 is 0 Å². The Bertz CT molecular complexity index is 749. The summed E-state index contributed by atoms with van der Waals surface area (Å²) in [5.74, 6) is 0.316. The van der Waals surface area contributed by atoms with Gasteiger partial charge < -0.3 is 9.73 Å². The van der Waals surface area contributed by atoms with Crippen LogP contribution in [0.15, 0.2) is 59.3 Å². The highest BCUT2D eigenvalue weighted by atomic mass is 16.4. The van der Waals surface area contributed by atoms with E-state index >= 15 is 0 Å². The van der Waals surface area contributed by atoms with Crippen molar-refractivity contribution in [3.05, 3.63) is 66.1 Å². The molecule has 1 aromatic heterocycles. The van der Waals surface area contributed by atoms with Crippen molar-refractivity contribution in [3.63, 3.8) is 0 Å². The zero-order valence-electron chi connectivity index (χ0n) is 11.4. The summed E-state index contributed by atoms with van der Waals surface area (Å²) in [5.41, 5.74) is 3.20. The molecule has 1 amide bonds. The van der Waals surface area contributed by atoms with Gasteiger partial charge in [-0.1, -0.05) is 17.7 Å². The van der Waals surface area contributed by atoms with E-state index in [1.807, 2.05) is 37.3 Å². The van der Waals surface area contributed by atoms with Crippen molar-refractivity contribution in [2.24, 2.45) is 0 Å². The number of anilines is 1. The number of carbonyl (C=O) groups excluding carboxylic acids is 1. The van der Waals surface area contributed by atoms with Crippen molar-refractivity contribution in [2.45, 2.75) is 6.92 Å². The van der Waals surface area contributed by atoms with Gasteiger partial charge in [-0.15, -0.1) is 10.2 Å². The van der Waals surface area contributed by atoms with Crippen LogP contribution in [0.4, 0.5) is 5.69 Å². The second-order valence-electron chi connectivity index (χ2n) is 4.64. The molecule has 0 aliphatic heterocycles.